The van der Waals surface area contributed by atoms with Crippen molar-refractivity contribution >= 4 is 57.5 Å². The topological polar surface area (TPSA) is 146 Å². The van der Waals surface area contributed by atoms with Gasteiger partial charge in [0.15, 0.2) is 11.9 Å². The Morgan fingerprint density at radius 3 is 2.20 bits per heavy atom. The predicted molar refractivity (Wildman–Crippen MR) is 247 cm³/mol. The van der Waals surface area contributed by atoms with Crippen molar-refractivity contribution in [2.75, 3.05) is 0 Å². The van der Waals surface area contributed by atoms with Crippen LogP contribution in [0.4, 0.5) is 0 Å². The highest BCUT2D eigenvalue weighted by molar-refractivity contribution is 6.42. The van der Waals surface area contributed by atoms with Crippen molar-refractivity contribution in [1.82, 2.24) is 10.2 Å². The van der Waals surface area contributed by atoms with Gasteiger partial charge in [-0.25, -0.2) is 4.79 Å². The van der Waals surface area contributed by atoms with E-state index in [9.17, 15) is 24.3 Å². The molecule has 2 N–H and O–H groups in total. The van der Waals surface area contributed by atoms with Crippen molar-refractivity contribution in [3.63, 3.8) is 0 Å². The Balaban J connectivity index is 0.951. The Kier molecular flexibility index (Phi) is 12.1. The van der Waals surface area contributed by atoms with E-state index in [4.69, 9.17) is 37.9 Å². The molecule has 0 aromatic heterocycles. The molecule has 65 heavy (non-hydrogen) atoms. The standard InChI is InChI=1S/C53H39Cl2N3O7/c54-44-20-9-33(21-45(44)55)30-64-43-18-16-37(17-19-43)50-48(59)26-41-24-40-25-47(58(29-42(40)27-49(41)65-50)52(61)39-15-14-34-3-1-2-4-38(34)23-39)51(60)57-46(53(62)63)22-31-5-10-35(11-6-31)36-12-7-32(28-56)8-13-36/h1-21,23-24,27,46-47,50H,22,25-26,29-30H2,(H,57,60)(H,62,63)/t46-,47-,50?/m0/s1. The van der Waals surface area contributed by atoms with Crippen LogP contribution >= 0.6 is 23.2 Å². The predicted octanol–water partition coefficient (Wildman–Crippen LogP) is 9.89. The number of ether oxygens (including phenoxy) is 2. The summed E-state index contributed by atoms with van der Waals surface area (Å²) in [5, 5.41) is 25.0. The quantitative estimate of drug-likeness (QED) is 0.131. The van der Waals surface area contributed by atoms with E-state index in [1.54, 1.807) is 60.7 Å². The Morgan fingerprint density at radius 1 is 0.785 bits per heavy atom. The number of carboxylic acid groups (broad SMARTS) is 1. The maximum absolute atomic E-state index is 14.5. The lowest BCUT2D eigenvalue weighted by atomic mass is 9.87. The van der Waals surface area contributed by atoms with Crippen molar-refractivity contribution in [3.8, 4) is 28.7 Å². The molecule has 0 radical (unpaired) electrons. The Bertz CT molecular complexity index is 3040. The monoisotopic (exact) mass is 899 g/mol. The zero-order valence-corrected chi connectivity index (χ0v) is 36.2. The molecule has 2 heterocycles. The van der Waals surface area contributed by atoms with E-state index in [0.717, 1.165) is 38.6 Å². The van der Waals surface area contributed by atoms with Gasteiger partial charge in [0.05, 0.1) is 21.7 Å². The third-order valence-corrected chi connectivity index (χ3v) is 12.6. The van der Waals surface area contributed by atoms with E-state index >= 15 is 0 Å². The average Bonchev–Trinajstić information content (AvgIpc) is 3.33. The molecule has 2 aliphatic rings. The van der Waals surface area contributed by atoms with E-state index < -0.39 is 30.1 Å². The number of carbonyl (C=O) groups excluding carboxylic acids is 3. The lowest BCUT2D eigenvalue weighted by Gasteiger charge is -2.37. The highest BCUT2D eigenvalue weighted by Gasteiger charge is 2.39. The molecule has 0 fully saturated rings. The summed E-state index contributed by atoms with van der Waals surface area (Å²) in [6, 6.07) is 43.4. The highest BCUT2D eigenvalue weighted by Crippen LogP contribution is 2.38. The van der Waals surface area contributed by atoms with Gasteiger partial charge in [0, 0.05) is 42.5 Å². The van der Waals surface area contributed by atoms with Gasteiger partial charge in [0.1, 0.15) is 30.2 Å². The molecule has 7 aromatic rings. The average molecular weight is 901 g/mol. The summed E-state index contributed by atoms with van der Waals surface area (Å²) < 4.78 is 12.3. The Labute approximate surface area is 384 Å². The molecule has 3 atom stereocenters. The second-order valence-corrected chi connectivity index (χ2v) is 17.0. The van der Waals surface area contributed by atoms with E-state index in [-0.39, 0.29) is 44.1 Å². The zero-order chi connectivity index (χ0) is 45.2. The minimum Gasteiger partial charge on any atom is -0.489 e. The first kappa shape index (κ1) is 42.8. The number of carbonyl (C=O) groups is 4. The fourth-order valence-corrected chi connectivity index (χ4v) is 8.71. The lowest BCUT2D eigenvalue weighted by Crippen LogP contribution is -2.56. The molecule has 1 unspecified atom stereocenters. The van der Waals surface area contributed by atoms with Crippen LogP contribution in [0.25, 0.3) is 21.9 Å². The third kappa shape index (κ3) is 9.30. The van der Waals surface area contributed by atoms with Crippen LogP contribution in [0.1, 0.15) is 55.4 Å². The first-order valence-electron chi connectivity index (χ1n) is 20.9. The number of Topliss-reactive ketones (excluding diaryl/α,β-unsaturated/α-hetero) is 1. The molecule has 2 amide bonds. The van der Waals surface area contributed by atoms with Crippen molar-refractivity contribution in [2.24, 2.45) is 0 Å². The molecule has 322 valence electrons. The number of ketones is 1. The summed E-state index contributed by atoms with van der Waals surface area (Å²) in [6.07, 6.45) is -0.702. The molecule has 0 saturated heterocycles. The summed E-state index contributed by atoms with van der Waals surface area (Å²) in [4.78, 5) is 56.7. The Hall–Kier alpha value is -7.45. The second-order valence-electron chi connectivity index (χ2n) is 16.2. The summed E-state index contributed by atoms with van der Waals surface area (Å²) >= 11 is 12.2. The fourth-order valence-electron chi connectivity index (χ4n) is 8.39. The smallest absolute Gasteiger partial charge is 0.326 e. The van der Waals surface area contributed by atoms with Crippen LogP contribution in [0, 0.1) is 11.3 Å². The molecule has 2 aliphatic heterocycles. The molecule has 10 nitrogen and oxygen atoms in total. The first-order valence-corrected chi connectivity index (χ1v) is 21.7. The van der Waals surface area contributed by atoms with Gasteiger partial charge < -0.3 is 24.8 Å². The van der Waals surface area contributed by atoms with Crippen molar-refractivity contribution in [1.29, 1.82) is 5.26 Å². The van der Waals surface area contributed by atoms with Crippen LogP contribution < -0.4 is 14.8 Å². The number of nitrogens with zero attached hydrogens (tertiary/aromatic N) is 2. The van der Waals surface area contributed by atoms with Gasteiger partial charge in [0.25, 0.3) is 5.91 Å². The third-order valence-electron chi connectivity index (χ3n) is 11.9. The molecular weight excluding hydrogens is 862 g/mol. The highest BCUT2D eigenvalue weighted by atomic mass is 35.5. The molecule has 0 saturated carbocycles. The van der Waals surface area contributed by atoms with E-state index in [2.05, 4.69) is 11.4 Å². The Morgan fingerprint density at radius 2 is 1.49 bits per heavy atom. The number of rotatable bonds is 11. The number of hydrogen-bond donors (Lipinski definition) is 2. The van der Waals surface area contributed by atoms with Crippen LogP contribution in [0.3, 0.4) is 0 Å². The molecule has 7 aromatic carbocycles. The number of amides is 2. The van der Waals surface area contributed by atoms with Gasteiger partial charge in [-0.05, 0) is 98.8 Å². The summed E-state index contributed by atoms with van der Waals surface area (Å²) in [6.45, 7) is 0.307. The minimum atomic E-state index is -1.29. The van der Waals surface area contributed by atoms with Crippen molar-refractivity contribution in [2.45, 2.75) is 50.6 Å². The molecule has 12 heteroatoms. The van der Waals surface area contributed by atoms with Crippen molar-refractivity contribution < 1.29 is 33.8 Å². The molecule has 0 aliphatic carbocycles. The normalized spacial score (nSPS) is 15.8. The van der Waals surface area contributed by atoms with Gasteiger partial charge >= 0.3 is 5.97 Å². The van der Waals surface area contributed by atoms with Gasteiger partial charge in [-0.2, -0.15) is 5.26 Å². The van der Waals surface area contributed by atoms with Crippen LogP contribution in [-0.4, -0.2) is 45.7 Å². The second kappa shape index (κ2) is 18.3. The molecule has 9 rings (SSSR count). The SMILES string of the molecule is N#Cc1ccc(-c2ccc(C[C@H](NC(=O)[C@@H]3Cc4cc5c(cc4CN3C(=O)c3ccc4ccccc4c3)OC(c3ccc(OCc4ccc(Cl)c(Cl)c4)cc3)C(=O)C5)C(=O)O)cc2)cc1. The van der Waals surface area contributed by atoms with Crippen LogP contribution in [-0.2, 0) is 46.8 Å². The van der Waals surface area contributed by atoms with Gasteiger partial charge in [-0.3, -0.25) is 14.4 Å². The zero-order valence-electron chi connectivity index (χ0n) is 34.7. The number of nitrogens with one attached hydrogen (secondary N) is 1. The fraction of sp³-hybridized carbons (Fsp3) is 0.151. The maximum atomic E-state index is 14.5. The van der Waals surface area contributed by atoms with Gasteiger partial charge in [-0.1, -0.05) is 114 Å². The number of carboxylic acids is 1. The van der Waals surface area contributed by atoms with E-state index in [1.807, 2.05) is 84.9 Å². The number of benzene rings is 7. The van der Waals surface area contributed by atoms with Gasteiger partial charge in [-0.15, -0.1) is 0 Å². The van der Waals surface area contributed by atoms with E-state index in [1.165, 1.54) is 4.90 Å². The minimum absolute atomic E-state index is 0.000736. The van der Waals surface area contributed by atoms with Crippen LogP contribution in [0.2, 0.25) is 10.0 Å². The van der Waals surface area contributed by atoms with Crippen LogP contribution in [0.5, 0.6) is 11.5 Å². The number of halogens is 2. The molecular formula is C53H39Cl2N3O7. The van der Waals surface area contributed by atoms with E-state index in [0.29, 0.717) is 49.4 Å². The molecule has 0 bridgehead atoms. The molecule has 0 spiro atoms. The number of hydrogen-bond acceptors (Lipinski definition) is 7. The number of aliphatic carboxylic acids is 1. The maximum Gasteiger partial charge on any atom is 0.326 e. The number of fused-ring (bicyclic) bond motifs is 3. The van der Waals surface area contributed by atoms with Crippen molar-refractivity contribution in [3.05, 3.63) is 200 Å². The van der Waals surface area contributed by atoms with Crippen LogP contribution in [0.15, 0.2) is 146 Å². The largest absolute Gasteiger partial charge is 0.489 e. The first-order chi connectivity index (χ1) is 31.5. The summed E-state index contributed by atoms with van der Waals surface area (Å²) in [5.74, 6) is -1.26. The van der Waals surface area contributed by atoms with Gasteiger partial charge in [0.2, 0.25) is 5.91 Å². The summed E-state index contributed by atoms with van der Waals surface area (Å²) in [7, 11) is 0. The lowest BCUT2D eigenvalue weighted by molar-refractivity contribution is -0.142. The summed E-state index contributed by atoms with van der Waals surface area (Å²) in [5.41, 5.74) is 7.08. The number of nitriles is 1.